The predicted molar refractivity (Wildman–Crippen MR) is 87.7 cm³/mol. The molecule has 0 saturated carbocycles. The Morgan fingerprint density at radius 3 is 3.00 bits per heavy atom. The van der Waals surface area contributed by atoms with Crippen LogP contribution >= 0.6 is 0 Å². The van der Waals surface area contributed by atoms with Gasteiger partial charge in [-0.25, -0.2) is 0 Å². The van der Waals surface area contributed by atoms with Gasteiger partial charge >= 0.3 is 0 Å². The van der Waals surface area contributed by atoms with Gasteiger partial charge in [-0.2, -0.15) is 5.10 Å². The van der Waals surface area contributed by atoms with Gasteiger partial charge in [-0.3, -0.25) is 4.90 Å². The summed E-state index contributed by atoms with van der Waals surface area (Å²) in [4.78, 5) is 4.56. The van der Waals surface area contributed by atoms with E-state index in [4.69, 9.17) is 4.74 Å². The van der Waals surface area contributed by atoms with Crippen molar-refractivity contribution < 1.29 is 9.84 Å². The number of hydrogen-bond donors (Lipinski definition) is 1. The molecule has 1 aromatic heterocycles. The van der Waals surface area contributed by atoms with Gasteiger partial charge in [0.2, 0.25) is 0 Å². The number of aliphatic hydroxyl groups is 1. The second kappa shape index (κ2) is 6.00. The highest BCUT2D eigenvalue weighted by Crippen LogP contribution is 2.27. The minimum absolute atomic E-state index is 0.462. The number of hydrogen-bond acceptors (Lipinski definition) is 6. The third kappa shape index (κ3) is 3.07. The Labute approximate surface area is 137 Å². The van der Waals surface area contributed by atoms with Crippen molar-refractivity contribution in [3.8, 4) is 0 Å². The molecule has 2 fully saturated rings. The first-order valence-corrected chi connectivity index (χ1v) is 8.74. The molecule has 0 bridgehead atoms. The number of anilines is 1. The van der Waals surface area contributed by atoms with E-state index in [2.05, 4.69) is 33.1 Å². The van der Waals surface area contributed by atoms with Gasteiger partial charge in [0.1, 0.15) is 5.60 Å². The minimum Gasteiger partial charge on any atom is -0.386 e. The standard InChI is InChI=1S/C17H26N4O2/c1-20(11-17(22)6-3-7-23-12-17)14-9-21(10-14)16-8-13-4-2-5-15(13)18-19-16/h8,14,22H,2-7,9-12H2,1H3. The van der Waals surface area contributed by atoms with E-state index in [0.29, 0.717) is 19.2 Å². The Morgan fingerprint density at radius 1 is 1.35 bits per heavy atom. The van der Waals surface area contributed by atoms with Crippen molar-refractivity contribution in [3.63, 3.8) is 0 Å². The Bertz CT molecular complexity index is 568. The van der Waals surface area contributed by atoms with Gasteiger partial charge in [-0.15, -0.1) is 5.10 Å². The third-order valence-electron chi connectivity index (χ3n) is 5.46. The first kappa shape index (κ1) is 15.3. The maximum absolute atomic E-state index is 10.6. The zero-order valence-electron chi connectivity index (χ0n) is 13.9. The summed E-state index contributed by atoms with van der Waals surface area (Å²) in [6.07, 6.45) is 5.21. The van der Waals surface area contributed by atoms with Crippen molar-refractivity contribution in [1.29, 1.82) is 0 Å². The number of aromatic nitrogens is 2. The fourth-order valence-electron chi connectivity index (χ4n) is 3.95. The highest BCUT2D eigenvalue weighted by atomic mass is 16.5. The summed E-state index contributed by atoms with van der Waals surface area (Å²) in [5.74, 6) is 1.01. The number of nitrogens with zero attached hydrogens (tertiary/aromatic N) is 4. The SMILES string of the molecule is CN(CC1(O)CCCOC1)C1CN(c2cc3c(nn2)CCC3)C1. The lowest BCUT2D eigenvalue weighted by Gasteiger charge is -2.47. The van der Waals surface area contributed by atoms with Gasteiger partial charge in [0.05, 0.1) is 12.3 Å². The maximum Gasteiger partial charge on any atom is 0.151 e. The van der Waals surface area contributed by atoms with Crippen LogP contribution in [0.25, 0.3) is 0 Å². The molecule has 0 amide bonds. The molecule has 23 heavy (non-hydrogen) atoms. The highest BCUT2D eigenvalue weighted by Gasteiger charge is 2.37. The van der Waals surface area contributed by atoms with Crippen LogP contribution in [0.4, 0.5) is 5.82 Å². The van der Waals surface area contributed by atoms with Crippen molar-refractivity contribution in [2.45, 2.75) is 43.7 Å². The zero-order chi connectivity index (χ0) is 15.9. The first-order valence-electron chi connectivity index (χ1n) is 8.74. The number of aryl methyl sites for hydroxylation is 2. The van der Waals surface area contributed by atoms with Crippen molar-refractivity contribution in [1.82, 2.24) is 15.1 Å². The summed E-state index contributed by atoms with van der Waals surface area (Å²) >= 11 is 0. The second-order valence-electron chi connectivity index (χ2n) is 7.38. The zero-order valence-corrected chi connectivity index (χ0v) is 13.9. The van der Waals surface area contributed by atoms with Gasteiger partial charge < -0.3 is 14.7 Å². The van der Waals surface area contributed by atoms with E-state index in [1.807, 2.05) is 0 Å². The molecule has 126 valence electrons. The average molecular weight is 318 g/mol. The fraction of sp³-hybridized carbons (Fsp3) is 0.765. The van der Waals surface area contributed by atoms with Gasteiger partial charge in [-0.05, 0) is 50.8 Å². The molecular weight excluding hydrogens is 292 g/mol. The second-order valence-corrected chi connectivity index (χ2v) is 7.38. The van der Waals surface area contributed by atoms with Crippen LogP contribution < -0.4 is 4.90 Å². The molecular formula is C17H26N4O2. The van der Waals surface area contributed by atoms with Crippen LogP contribution in [0.2, 0.25) is 0 Å². The molecule has 1 unspecified atom stereocenters. The predicted octanol–water partition coefficient (Wildman–Crippen LogP) is 0.627. The van der Waals surface area contributed by atoms with Crippen LogP contribution in [0, 0.1) is 0 Å². The summed E-state index contributed by atoms with van der Waals surface area (Å²) in [5, 5.41) is 19.4. The molecule has 0 radical (unpaired) electrons. The van der Waals surface area contributed by atoms with Crippen LogP contribution in [-0.2, 0) is 17.6 Å². The largest absolute Gasteiger partial charge is 0.386 e. The van der Waals surface area contributed by atoms with Crippen LogP contribution in [0.5, 0.6) is 0 Å². The van der Waals surface area contributed by atoms with E-state index in [9.17, 15) is 5.11 Å². The molecule has 4 rings (SSSR count). The van der Waals surface area contributed by atoms with Crippen LogP contribution in [-0.4, -0.2) is 71.7 Å². The molecule has 6 heteroatoms. The molecule has 1 aromatic rings. The van der Waals surface area contributed by atoms with E-state index < -0.39 is 5.60 Å². The number of likely N-dealkylation sites (N-methyl/N-ethyl adjacent to an activating group) is 1. The monoisotopic (exact) mass is 318 g/mol. The van der Waals surface area contributed by atoms with E-state index in [1.165, 1.54) is 17.7 Å². The summed E-state index contributed by atoms with van der Waals surface area (Å²) < 4.78 is 5.45. The molecule has 1 N–H and O–H groups in total. The summed E-state index contributed by atoms with van der Waals surface area (Å²) in [6.45, 7) is 3.84. The maximum atomic E-state index is 10.6. The van der Waals surface area contributed by atoms with Crippen molar-refractivity contribution in [3.05, 3.63) is 17.3 Å². The number of ether oxygens (including phenoxy) is 1. The van der Waals surface area contributed by atoms with Crippen LogP contribution in [0.15, 0.2) is 6.07 Å². The minimum atomic E-state index is -0.680. The van der Waals surface area contributed by atoms with E-state index in [0.717, 1.165) is 51.2 Å². The Hall–Kier alpha value is -1.24. The first-order chi connectivity index (χ1) is 11.1. The topological polar surface area (TPSA) is 61.7 Å². The number of rotatable bonds is 4. The third-order valence-corrected chi connectivity index (χ3v) is 5.46. The van der Waals surface area contributed by atoms with E-state index >= 15 is 0 Å². The van der Waals surface area contributed by atoms with Crippen LogP contribution in [0.3, 0.4) is 0 Å². The normalized spacial score (nSPS) is 28.0. The average Bonchev–Trinajstić information content (AvgIpc) is 2.93. The molecule has 0 aromatic carbocycles. The van der Waals surface area contributed by atoms with E-state index in [1.54, 1.807) is 0 Å². The van der Waals surface area contributed by atoms with Gasteiger partial charge in [0.15, 0.2) is 5.82 Å². The van der Waals surface area contributed by atoms with Gasteiger partial charge in [0.25, 0.3) is 0 Å². The molecule has 3 heterocycles. The lowest BCUT2D eigenvalue weighted by atomic mass is 9.94. The van der Waals surface area contributed by atoms with Crippen molar-refractivity contribution >= 4 is 5.82 Å². The van der Waals surface area contributed by atoms with Gasteiger partial charge in [-0.1, -0.05) is 0 Å². The van der Waals surface area contributed by atoms with Crippen LogP contribution in [0.1, 0.15) is 30.5 Å². The molecule has 3 aliphatic rings. The molecule has 2 saturated heterocycles. The quantitative estimate of drug-likeness (QED) is 0.878. The molecule has 1 aliphatic carbocycles. The molecule has 6 nitrogen and oxygen atoms in total. The lowest BCUT2D eigenvalue weighted by Crippen LogP contribution is -2.62. The highest BCUT2D eigenvalue weighted by molar-refractivity contribution is 5.45. The van der Waals surface area contributed by atoms with Gasteiger partial charge in [0, 0.05) is 32.3 Å². The Kier molecular flexibility index (Phi) is 3.99. The number of fused-ring (bicyclic) bond motifs is 1. The summed E-state index contributed by atoms with van der Waals surface area (Å²) in [6, 6.07) is 2.68. The Balaban J connectivity index is 1.32. The molecule has 1 atom stereocenters. The van der Waals surface area contributed by atoms with Crippen molar-refractivity contribution in [2.24, 2.45) is 0 Å². The van der Waals surface area contributed by atoms with Crippen molar-refractivity contribution in [2.75, 3.05) is 44.8 Å². The summed E-state index contributed by atoms with van der Waals surface area (Å²) in [7, 11) is 2.10. The lowest BCUT2D eigenvalue weighted by molar-refractivity contribution is -0.102. The Morgan fingerprint density at radius 2 is 2.22 bits per heavy atom. The molecule has 0 spiro atoms. The fourth-order valence-corrected chi connectivity index (χ4v) is 3.95. The smallest absolute Gasteiger partial charge is 0.151 e. The molecule has 2 aliphatic heterocycles. The summed E-state index contributed by atoms with van der Waals surface area (Å²) in [5.41, 5.74) is 1.88. The van der Waals surface area contributed by atoms with E-state index in [-0.39, 0.29) is 0 Å².